The number of halogens is 1. The van der Waals surface area contributed by atoms with E-state index in [1.54, 1.807) is 0 Å². The molecule has 1 aliphatic carbocycles. The summed E-state index contributed by atoms with van der Waals surface area (Å²) in [6.45, 7) is 6.03. The molecule has 0 aromatic heterocycles. The standard InChI is InChI=1S/C13H26N2OS.ClH/c1-5-17-12-7-6-11(8-12)15(4)13(16)9(2)10(3)14;/h9-12H,5-8,14H2,1-4H3;1H. The molecule has 0 saturated heterocycles. The molecule has 3 nitrogen and oxygen atoms in total. The first kappa shape index (κ1) is 18.1. The highest BCUT2D eigenvalue weighted by atomic mass is 35.5. The number of carbonyl (C=O) groups is 1. The van der Waals surface area contributed by atoms with Gasteiger partial charge in [0.2, 0.25) is 5.91 Å². The van der Waals surface area contributed by atoms with Crippen LogP contribution in [0.5, 0.6) is 0 Å². The van der Waals surface area contributed by atoms with Crippen molar-refractivity contribution < 1.29 is 4.79 Å². The Kier molecular flexibility index (Phi) is 8.31. The summed E-state index contributed by atoms with van der Waals surface area (Å²) in [7, 11) is 1.94. The van der Waals surface area contributed by atoms with E-state index in [9.17, 15) is 4.79 Å². The lowest BCUT2D eigenvalue weighted by molar-refractivity contribution is -0.136. The van der Waals surface area contributed by atoms with E-state index < -0.39 is 0 Å². The van der Waals surface area contributed by atoms with Gasteiger partial charge in [-0.1, -0.05) is 13.8 Å². The first-order valence-electron chi connectivity index (χ1n) is 6.61. The number of rotatable bonds is 5. The Balaban J connectivity index is 0.00000289. The molecule has 1 fully saturated rings. The average molecular weight is 295 g/mol. The monoisotopic (exact) mass is 294 g/mol. The molecule has 0 aromatic rings. The van der Waals surface area contributed by atoms with E-state index in [2.05, 4.69) is 6.92 Å². The van der Waals surface area contributed by atoms with Gasteiger partial charge < -0.3 is 10.6 Å². The first-order valence-corrected chi connectivity index (χ1v) is 7.66. The van der Waals surface area contributed by atoms with Crippen LogP contribution in [0.3, 0.4) is 0 Å². The summed E-state index contributed by atoms with van der Waals surface area (Å²) in [6, 6.07) is 0.361. The molecule has 0 radical (unpaired) electrons. The van der Waals surface area contributed by atoms with Crippen molar-refractivity contribution in [2.45, 2.75) is 57.4 Å². The summed E-state index contributed by atoms with van der Waals surface area (Å²) < 4.78 is 0. The molecule has 0 heterocycles. The van der Waals surface area contributed by atoms with Crippen LogP contribution in [0, 0.1) is 5.92 Å². The number of nitrogens with two attached hydrogens (primary N) is 1. The van der Waals surface area contributed by atoms with Gasteiger partial charge in [-0.15, -0.1) is 12.4 Å². The summed E-state index contributed by atoms with van der Waals surface area (Å²) in [5.74, 6) is 1.30. The maximum Gasteiger partial charge on any atom is 0.226 e. The molecule has 0 aromatic carbocycles. The largest absolute Gasteiger partial charge is 0.342 e. The highest BCUT2D eigenvalue weighted by molar-refractivity contribution is 7.99. The lowest BCUT2D eigenvalue weighted by Gasteiger charge is -2.29. The first-order chi connectivity index (χ1) is 7.97. The van der Waals surface area contributed by atoms with Crippen LogP contribution in [-0.2, 0) is 4.79 Å². The second kappa shape index (κ2) is 8.28. The normalized spacial score (nSPS) is 26.3. The molecule has 4 atom stereocenters. The maximum absolute atomic E-state index is 12.2. The van der Waals surface area contributed by atoms with Crippen molar-refractivity contribution in [2.75, 3.05) is 12.8 Å². The molecule has 2 N–H and O–H groups in total. The van der Waals surface area contributed by atoms with E-state index in [1.165, 1.54) is 12.2 Å². The molecule has 1 saturated carbocycles. The third-order valence-corrected chi connectivity index (χ3v) is 5.07. The van der Waals surface area contributed by atoms with Crippen molar-refractivity contribution >= 4 is 30.1 Å². The quantitative estimate of drug-likeness (QED) is 0.847. The number of thioether (sulfide) groups is 1. The van der Waals surface area contributed by atoms with Crippen molar-refractivity contribution in [3.05, 3.63) is 0 Å². The van der Waals surface area contributed by atoms with Crippen LogP contribution in [0.25, 0.3) is 0 Å². The zero-order chi connectivity index (χ0) is 13.0. The van der Waals surface area contributed by atoms with Gasteiger partial charge in [-0.2, -0.15) is 11.8 Å². The van der Waals surface area contributed by atoms with E-state index in [4.69, 9.17) is 5.73 Å². The lowest BCUT2D eigenvalue weighted by Crippen LogP contribution is -2.43. The SMILES string of the molecule is CCSC1CCC(N(C)C(=O)C(C)C(C)N)C1.Cl. The molecule has 108 valence electrons. The minimum Gasteiger partial charge on any atom is -0.342 e. The topological polar surface area (TPSA) is 46.3 Å². The van der Waals surface area contributed by atoms with Crippen LogP contribution >= 0.6 is 24.2 Å². The smallest absolute Gasteiger partial charge is 0.226 e. The molecule has 5 heteroatoms. The third-order valence-electron chi connectivity index (χ3n) is 3.83. The maximum atomic E-state index is 12.2. The summed E-state index contributed by atoms with van der Waals surface area (Å²) in [5.41, 5.74) is 5.80. The Morgan fingerprint density at radius 3 is 2.56 bits per heavy atom. The predicted octanol–water partition coefficient (Wildman–Crippen LogP) is 2.52. The van der Waals surface area contributed by atoms with Gasteiger partial charge in [0.1, 0.15) is 0 Å². The summed E-state index contributed by atoms with van der Waals surface area (Å²) in [4.78, 5) is 14.1. The highest BCUT2D eigenvalue weighted by Gasteiger charge is 2.32. The fourth-order valence-corrected chi connectivity index (χ4v) is 3.51. The molecular weight excluding hydrogens is 268 g/mol. The van der Waals surface area contributed by atoms with Gasteiger partial charge in [0, 0.05) is 24.4 Å². The zero-order valence-electron chi connectivity index (χ0n) is 11.9. The van der Waals surface area contributed by atoms with E-state index in [0.29, 0.717) is 6.04 Å². The predicted molar refractivity (Wildman–Crippen MR) is 82.4 cm³/mol. The van der Waals surface area contributed by atoms with Gasteiger partial charge in [0.25, 0.3) is 0 Å². The van der Waals surface area contributed by atoms with E-state index in [1.807, 2.05) is 37.6 Å². The summed E-state index contributed by atoms with van der Waals surface area (Å²) >= 11 is 2.02. The Morgan fingerprint density at radius 1 is 1.44 bits per heavy atom. The van der Waals surface area contributed by atoms with Crippen molar-refractivity contribution in [3.8, 4) is 0 Å². The number of hydrogen-bond donors (Lipinski definition) is 1. The zero-order valence-corrected chi connectivity index (χ0v) is 13.5. The molecule has 1 aliphatic rings. The van der Waals surface area contributed by atoms with Gasteiger partial charge >= 0.3 is 0 Å². The lowest BCUT2D eigenvalue weighted by atomic mass is 10.0. The molecular formula is C13H27ClN2OS. The number of hydrogen-bond acceptors (Lipinski definition) is 3. The number of nitrogens with zero attached hydrogens (tertiary/aromatic N) is 1. The number of carbonyl (C=O) groups excluding carboxylic acids is 1. The molecule has 1 amide bonds. The summed E-state index contributed by atoms with van der Waals surface area (Å²) in [5, 5.41) is 0.742. The van der Waals surface area contributed by atoms with Gasteiger partial charge in [-0.05, 0) is 31.9 Å². The molecule has 4 unspecified atom stereocenters. The fraction of sp³-hybridized carbons (Fsp3) is 0.923. The highest BCUT2D eigenvalue weighted by Crippen LogP contribution is 2.32. The molecule has 0 bridgehead atoms. The second-order valence-electron chi connectivity index (χ2n) is 5.14. The molecule has 0 aliphatic heterocycles. The van der Waals surface area contributed by atoms with Crippen molar-refractivity contribution in [2.24, 2.45) is 11.7 Å². The van der Waals surface area contributed by atoms with E-state index in [-0.39, 0.29) is 30.3 Å². The minimum absolute atomic E-state index is 0. The Labute approximate surface area is 122 Å². The Hall–Kier alpha value is 0.0700. The fourth-order valence-electron chi connectivity index (χ4n) is 2.38. The van der Waals surface area contributed by atoms with Crippen LogP contribution in [0.4, 0.5) is 0 Å². The van der Waals surface area contributed by atoms with Crippen LogP contribution in [0.2, 0.25) is 0 Å². The third kappa shape index (κ3) is 4.63. The van der Waals surface area contributed by atoms with Crippen LogP contribution in [0.1, 0.15) is 40.0 Å². The molecule has 0 spiro atoms. The van der Waals surface area contributed by atoms with Gasteiger partial charge in [0.05, 0.1) is 5.92 Å². The van der Waals surface area contributed by atoms with Gasteiger partial charge in [0.15, 0.2) is 0 Å². The minimum atomic E-state index is -0.0714. The second-order valence-corrected chi connectivity index (χ2v) is 6.72. The van der Waals surface area contributed by atoms with E-state index >= 15 is 0 Å². The Bertz CT molecular complexity index is 263. The number of amides is 1. The van der Waals surface area contributed by atoms with Gasteiger partial charge in [-0.3, -0.25) is 4.79 Å². The molecule has 18 heavy (non-hydrogen) atoms. The average Bonchev–Trinajstić information content (AvgIpc) is 2.75. The van der Waals surface area contributed by atoms with Crippen LogP contribution < -0.4 is 5.73 Å². The van der Waals surface area contributed by atoms with E-state index in [0.717, 1.165) is 18.1 Å². The van der Waals surface area contributed by atoms with Crippen molar-refractivity contribution in [1.82, 2.24) is 4.90 Å². The van der Waals surface area contributed by atoms with Crippen LogP contribution in [0.15, 0.2) is 0 Å². The van der Waals surface area contributed by atoms with Crippen molar-refractivity contribution in [1.29, 1.82) is 0 Å². The van der Waals surface area contributed by atoms with Gasteiger partial charge in [-0.25, -0.2) is 0 Å². The molecule has 1 rings (SSSR count). The van der Waals surface area contributed by atoms with Crippen molar-refractivity contribution in [3.63, 3.8) is 0 Å². The Morgan fingerprint density at radius 2 is 2.06 bits per heavy atom. The summed E-state index contributed by atoms with van der Waals surface area (Å²) in [6.07, 6.45) is 3.53. The van der Waals surface area contributed by atoms with Crippen LogP contribution in [-0.4, -0.2) is 40.9 Å².